The lowest BCUT2D eigenvalue weighted by atomic mass is 10.2. The van der Waals surface area contributed by atoms with Gasteiger partial charge < -0.3 is 4.42 Å². The largest absolute Gasteiger partial charge is 0.423 e. The molecular formula is C13H13NO4S. The van der Waals surface area contributed by atoms with Gasteiger partial charge in [-0.1, -0.05) is 0 Å². The molecule has 0 spiro atoms. The van der Waals surface area contributed by atoms with E-state index in [1.165, 1.54) is 24.3 Å². The van der Waals surface area contributed by atoms with E-state index in [1.807, 2.05) is 6.92 Å². The number of benzene rings is 1. The normalized spacial score (nSPS) is 17.5. The smallest absolute Gasteiger partial charge is 0.336 e. The van der Waals surface area contributed by atoms with Gasteiger partial charge in [0.2, 0.25) is 10.0 Å². The minimum Gasteiger partial charge on any atom is -0.423 e. The Morgan fingerprint density at radius 3 is 2.63 bits per heavy atom. The number of sulfonamides is 1. The standard InChI is InChI=1S/C13H13NO4S/c1-13(6-7-13)14-19(16,17)10-3-4-11-9(8-10)2-5-12(15)18-11/h2-5,8,14H,6-7H2,1H3. The van der Waals surface area contributed by atoms with Crippen molar-refractivity contribution in [1.82, 2.24) is 4.72 Å². The van der Waals surface area contributed by atoms with Gasteiger partial charge in [0, 0.05) is 17.0 Å². The lowest BCUT2D eigenvalue weighted by Crippen LogP contribution is -2.34. The second-order valence-electron chi connectivity index (χ2n) is 5.12. The topological polar surface area (TPSA) is 76.4 Å². The lowest BCUT2D eigenvalue weighted by molar-refractivity contribution is 0.556. The molecule has 0 radical (unpaired) electrons. The molecule has 1 aliphatic carbocycles. The van der Waals surface area contributed by atoms with Crippen LogP contribution in [0, 0.1) is 0 Å². The summed E-state index contributed by atoms with van der Waals surface area (Å²) in [6.45, 7) is 1.88. The molecule has 100 valence electrons. The monoisotopic (exact) mass is 279 g/mol. The van der Waals surface area contributed by atoms with Crippen LogP contribution in [0.2, 0.25) is 0 Å². The summed E-state index contributed by atoms with van der Waals surface area (Å²) in [6.07, 6.45) is 1.71. The highest BCUT2D eigenvalue weighted by Gasteiger charge is 2.41. The van der Waals surface area contributed by atoms with Crippen molar-refractivity contribution in [3.63, 3.8) is 0 Å². The predicted octanol–water partition coefficient (Wildman–Crippen LogP) is 1.62. The first-order valence-electron chi connectivity index (χ1n) is 5.96. The molecule has 0 amide bonds. The summed E-state index contributed by atoms with van der Waals surface area (Å²) >= 11 is 0. The van der Waals surface area contributed by atoms with E-state index in [0.717, 1.165) is 12.8 Å². The van der Waals surface area contributed by atoms with E-state index in [2.05, 4.69) is 4.72 Å². The zero-order valence-electron chi connectivity index (χ0n) is 10.3. The van der Waals surface area contributed by atoms with Gasteiger partial charge in [-0.3, -0.25) is 0 Å². The van der Waals surface area contributed by atoms with Gasteiger partial charge in [0.15, 0.2) is 0 Å². The minimum absolute atomic E-state index is 0.182. The van der Waals surface area contributed by atoms with Gasteiger partial charge in [0.1, 0.15) is 5.58 Å². The third-order valence-corrected chi connectivity index (χ3v) is 4.92. The summed E-state index contributed by atoms with van der Waals surface area (Å²) in [5.74, 6) is 0. The molecule has 1 heterocycles. The molecule has 0 bridgehead atoms. The lowest BCUT2D eigenvalue weighted by Gasteiger charge is -2.12. The Hall–Kier alpha value is -1.66. The Morgan fingerprint density at radius 2 is 1.95 bits per heavy atom. The summed E-state index contributed by atoms with van der Waals surface area (Å²) in [5.41, 5.74) is -0.382. The van der Waals surface area contributed by atoms with E-state index in [0.29, 0.717) is 11.0 Å². The fraction of sp³-hybridized carbons (Fsp3) is 0.308. The first kappa shape index (κ1) is 12.4. The molecule has 1 aromatic carbocycles. The second-order valence-corrected chi connectivity index (χ2v) is 6.80. The van der Waals surface area contributed by atoms with E-state index in [9.17, 15) is 13.2 Å². The van der Waals surface area contributed by atoms with E-state index < -0.39 is 15.6 Å². The fourth-order valence-corrected chi connectivity index (χ4v) is 3.39. The molecular weight excluding hydrogens is 266 g/mol. The van der Waals surface area contributed by atoms with Crippen molar-refractivity contribution < 1.29 is 12.8 Å². The Balaban J connectivity index is 2.05. The fourth-order valence-electron chi connectivity index (χ4n) is 1.89. The number of nitrogens with one attached hydrogen (secondary N) is 1. The summed E-state index contributed by atoms with van der Waals surface area (Å²) in [7, 11) is -3.53. The Bertz CT molecular complexity index is 803. The van der Waals surface area contributed by atoms with Crippen LogP contribution in [0.15, 0.2) is 44.4 Å². The van der Waals surface area contributed by atoms with Crippen molar-refractivity contribution in [1.29, 1.82) is 0 Å². The highest BCUT2D eigenvalue weighted by Crippen LogP contribution is 2.36. The molecule has 0 aliphatic heterocycles. The predicted molar refractivity (Wildman–Crippen MR) is 70.4 cm³/mol. The van der Waals surface area contributed by atoms with Crippen LogP contribution in [0.4, 0.5) is 0 Å². The van der Waals surface area contributed by atoms with Crippen molar-refractivity contribution in [3.05, 3.63) is 40.8 Å². The van der Waals surface area contributed by atoms with Gasteiger partial charge in [0.05, 0.1) is 4.90 Å². The highest BCUT2D eigenvalue weighted by atomic mass is 32.2. The second kappa shape index (κ2) is 3.91. The summed E-state index contributed by atoms with van der Waals surface area (Å²) in [6, 6.07) is 7.28. The van der Waals surface area contributed by atoms with Gasteiger partial charge in [-0.05, 0) is 44.0 Å². The molecule has 0 atom stereocenters. The molecule has 5 nitrogen and oxygen atoms in total. The molecule has 3 rings (SSSR count). The van der Waals surface area contributed by atoms with E-state index in [4.69, 9.17) is 4.42 Å². The van der Waals surface area contributed by atoms with Crippen LogP contribution in [-0.2, 0) is 10.0 Å². The number of fused-ring (bicyclic) bond motifs is 1. The molecule has 0 saturated heterocycles. The number of hydrogen-bond donors (Lipinski definition) is 1. The SMILES string of the molecule is CC1(NS(=O)(=O)c2ccc3oc(=O)ccc3c2)CC1. The summed E-state index contributed by atoms with van der Waals surface area (Å²) in [4.78, 5) is 11.2. The van der Waals surface area contributed by atoms with E-state index in [-0.39, 0.29) is 10.4 Å². The maximum atomic E-state index is 12.2. The van der Waals surface area contributed by atoms with E-state index >= 15 is 0 Å². The maximum Gasteiger partial charge on any atom is 0.336 e. The zero-order valence-corrected chi connectivity index (χ0v) is 11.2. The van der Waals surface area contributed by atoms with Crippen LogP contribution in [0.5, 0.6) is 0 Å². The quantitative estimate of drug-likeness (QED) is 0.866. The Kier molecular flexibility index (Phi) is 2.55. The van der Waals surface area contributed by atoms with Crippen molar-refractivity contribution in [2.75, 3.05) is 0 Å². The van der Waals surface area contributed by atoms with Gasteiger partial charge in [0.25, 0.3) is 0 Å². The molecule has 1 fully saturated rings. The zero-order chi connectivity index (χ0) is 13.7. The van der Waals surface area contributed by atoms with Gasteiger partial charge >= 0.3 is 5.63 Å². The van der Waals surface area contributed by atoms with Crippen LogP contribution < -0.4 is 10.3 Å². The third kappa shape index (κ3) is 2.41. The van der Waals surface area contributed by atoms with Crippen LogP contribution in [0.3, 0.4) is 0 Å². The third-order valence-electron chi connectivity index (χ3n) is 3.28. The van der Waals surface area contributed by atoms with Crippen LogP contribution >= 0.6 is 0 Å². The number of rotatable bonds is 3. The molecule has 1 saturated carbocycles. The van der Waals surface area contributed by atoms with Crippen LogP contribution in [0.25, 0.3) is 11.0 Å². The maximum absolute atomic E-state index is 12.2. The first-order chi connectivity index (χ1) is 8.88. The van der Waals surface area contributed by atoms with Crippen LogP contribution in [0.1, 0.15) is 19.8 Å². The van der Waals surface area contributed by atoms with Gasteiger partial charge in [-0.25, -0.2) is 17.9 Å². The summed E-state index contributed by atoms with van der Waals surface area (Å²) in [5, 5.41) is 0.587. The summed E-state index contributed by atoms with van der Waals surface area (Å²) < 4.78 is 32.0. The molecule has 1 N–H and O–H groups in total. The van der Waals surface area contributed by atoms with Crippen molar-refractivity contribution in [2.45, 2.75) is 30.2 Å². The van der Waals surface area contributed by atoms with E-state index in [1.54, 1.807) is 6.07 Å². The Morgan fingerprint density at radius 1 is 1.21 bits per heavy atom. The van der Waals surface area contributed by atoms with Gasteiger partial charge in [-0.2, -0.15) is 0 Å². The first-order valence-corrected chi connectivity index (χ1v) is 7.44. The molecule has 6 heteroatoms. The van der Waals surface area contributed by atoms with Crippen LogP contribution in [-0.4, -0.2) is 14.0 Å². The Labute approximate surface area is 110 Å². The minimum atomic E-state index is -3.53. The van der Waals surface area contributed by atoms with Crippen molar-refractivity contribution in [2.24, 2.45) is 0 Å². The molecule has 19 heavy (non-hydrogen) atoms. The number of hydrogen-bond acceptors (Lipinski definition) is 4. The highest BCUT2D eigenvalue weighted by molar-refractivity contribution is 7.89. The average Bonchev–Trinajstić information content (AvgIpc) is 3.05. The van der Waals surface area contributed by atoms with Crippen molar-refractivity contribution in [3.8, 4) is 0 Å². The van der Waals surface area contributed by atoms with Gasteiger partial charge in [-0.15, -0.1) is 0 Å². The molecule has 2 aromatic rings. The molecule has 0 unspecified atom stereocenters. The molecule has 1 aromatic heterocycles. The average molecular weight is 279 g/mol. The molecule has 1 aliphatic rings. The van der Waals surface area contributed by atoms with Crippen molar-refractivity contribution >= 4 is 21.0 Å².